The molecule has 2 saturated heterocycles. The molecule has 1 unspecified atom stereocenters. The number of ether oxygens (including phenoxy) is 1. The summed E-state index contributed by atoms with van der Waals surface area (Å²) in [5.74, 6) is 0.821. The number of nitrogens with zero attached hydrogens (tertiary/aromatic N) is 1. The van der Waals surface area contributed by atoms with E-state index in [9.17, 15) is 9.59 Å². The normalized spacial score (nSPS) is 21.6. The maximum Gasteiger partial charge on any atom is 0.227 e. The highest BCUT2D eigenvalue weighted by molar-refractivity contribution is 6.01. The molecule has 0 aliphatic carbocycles. The molecular formula is C16H21N3O3. The summed E-state index contributed by atoms with van der Waals surface area (Å²) in [5.41, 5.74) is 0.730. The van der Waals surface area contributed by atoms with Crippen LogP contribution in [0.15, 0.2) is 24.3 Å². The fourth-order valence-electron chi connectivity index (χ4n) is 2.85. The molecule has 2 aliphatic heterocycles. The average Bonchev–Trinajstić information content (AvgIpc) is 2.87. The molecule has 2 aliphatic rings. The highest BCUT2D eigenvalue weighted by Gasteiger charge is 2.36. The Morgan fingerprint density at radius 2 is 2.18 bits per heavy atom. The molecule has 0 spiro atoms. The van der Waals surface area contributed by atoms with Crippen molar-refractivity contribution >= 4 is 17.5 Å². The number of amides is 2. The minimum absolute atomic E-state index is 0.0300. The van der Waals surface area contributed by atoms with Crippen molar-refractivity contribution in [2.24, 2.45) is 11.8 Å². The van der Waals surface area contributed by atoms with Crippen molar-refractivity contribution in [3.63, 3.8) is 0 Å². The monoisotopic (exact) mass is 303 g/mol. The number of anilines is 1. The third kappa shape index (κ3) is 2.92. The van der Waals surface area contributed by atoms with Crippen molar-refractivity contribution in [3.05, 3.63) is 24.3 Å². The summed E-state index contributed by atoms with van der Waals surface area (Å²) in [6.45, 7) is 3.01. The van der Waals surface area contributed by atoms with E-state index in [1.54, 1.807) is 12.0 Å². The lowest BCUT2D eigenvalue weighted by molar-refractivity contribution is -0.126. The van der Waals surface area contributed by atoms with E-state index in [1.807, 2.05) is 24.3 Å². The van der Waals surface area contributed by atoms with Gasteiger partial charge in [-0.2, -0.15) is 0 Å². The Hall–Kier alpha value is -2.08. The Morgan fingerprint density at radius 3 is 2.86 bits per heavy atom. The van der Waals surface area contributed by atoms with Crippen LogP contribution in [0.4, 0.5) is 5.69 Å². The average molecular weight is 303 g/mol. The van der Waals surface area contributed by atoms with Gasteiger partial charge in [-0.05, 0) is 12.1 Å². The smallest absolute Gasteiger partial charge is 0.227 e. The summed E-state index contributed by atoms with van der Waals surface area (Å²) in [4.78, 5) is 26.1. The van der Waals surface area contributed by atoms with E-state index in [-0.39, 0.29) is 24.2 Å². The van der Waals surface area contributed by atoms with Gasteiger partial charge in [0, 0.05) is 38.5 Å². The molecule has 0 radical (unpaired) electrons. The van der Waals surface area contributed by atoms with Gasteiger partial charge in [-0.1, -0.05) is 12.1 Å². The van der Waals surface area contributed by atoms with Crippen molar-refractivity contribution in [3.8, 4) is 5.75 Å². The number of hydrogen-bond acceptors (Lipinski definition) is 4. The molecule has 1 atom stereocenters. The van der Waals surface area contributed by atoms with Crippen LogP contribution in [0.5, 0.6) is 5.75 Å². The van der Waals surface area contributed by atoms with Crippen LogP contribution in [-0.2, 0) is 9.59 Å². The van der Waals surface area contributed by atoms with Gasteiger partial charge in [-0.25, -0.2) is 0 Å². The van der Waals surface area contributed by atoms with E-state index < -0.39 is 0 Å². The van der Waals surface area contributed by atoms with Crippen molar-refractivity contribution in [1.29, 1.82) is 0 Å². The van der Waals surface area contributed by atoms with Crippen LogP contribution in [0, 0.1) is 11.8 Å². The van der Waals surface area contributed by atoms with Gasteiger partial charge < -0.3 is 20.3 Å². The predicted molar refractivity (Wildman–Crippen MR) is 82.8 cm³/mol. The Kier molecular flexibility index (Phi) is 4.29. The first-order valence-electron chi connectivity index (χ1n) is 7.61. The Bertz CT molecular complexity index is 572. The van der Waals surface area contributed by atoms with Gasteiger partial charge in [0.15, 0.2) is 0 Å². The molecule has 2 heterocycles. The van der Waals surface area contributed by atoms with E-state index in [4.69, 9.17) is 4.74 Å². The molecule has 6 nitrogen and oxygen atoms in total. The summed E-state index contributed by atoms with van der Waals surface area (Å²) >= 11 is 0. The van der Waals surface area contributed by atoms with Crippen LogP contribution < -0.4 is 20.3 Å². The van der Waals surface area contributed by atoms with Crippen molar-refractivity contribution in [2.75, 3.05) is 38.2 Å². The van der Waals surface area contributed by atoms with E-state index in [2.05, 4.69) is 10.6 Å². The molecule has 3 rings (SSSR count). The number of nitrogens with one attached hydrogen (secondary N) is 2. The quantitative estimate of drug-likeness (QED) is 0.825. The second-order valence-electron chi connectivity index (χ2n) is 5.85. The predicted octanol–water partition coefficient (Wildman–Crippen LogP) is 0.384. The highest BCUT2D eigenvalue weighted by Crippen LogP contribution is 2.32. The molecule has 6 heteroatoms. The summed E-state index contributed by atoms with van der Waals surface area (Å²) < 4.78 is 5.30. The van der Waals surface area contributed by atoms with Gasteiger partial charge in [-0.15, -0.1) is 0 Å². The maximum atomic E-state index is 12.2. The second-order valence-corrected chi connectivity index (χ2v) is 5.85. The Morgan fingerprint density at radius 1 is 1.41 bits per heavy atom. The molecule has 0 saturated carbocycles. The summed E-state index contributed by atoms with van der Waals surface area (Å²) in [5, 5.41) is 6.13. The van der Waals surface area contributed by atoms with Crippen LogP contribution in [0.1, 0.15) is 6.42 Å². The number of benzene rings is 1. The molecule has 0 aromatic heterocycles. The second kappa shape index (κ2) is 6.36. The van der Waals surface area contributed by atoms with Crippen LogP contribution in [0.3, 0.4) is 0 Å². The zero-order chi connectivity index (χ0) is 15.5. The molecule has 1 aromatic carbocycles. The van der Waals surface area contributed by atoms with Crippen LogP contribution in [0.25, 0.3) is 0 Å². The minimum atomic E-state index is -0.287. The molecule has 2 amide bonds. The lowest BCUT2D eigenvalue weighted by Crippen LogP contribution is -2.49. The van der Waals surface area contributed by atoms with E-state index in [0.29, 0.717) is 24.8 Å². The molecule has 0 bridgehead atoms. The van der Waals surface area contributed by atoms with Crippen LogP contribution in [0.2, 0.25) is 0 Å². The number of carbonyl (C=O) groups excluding carboxylic acids is 2. The van der Waals surface area contributed by atoms with E-state index in [1.165, 1.54) is 0 Å². The first-order valence-corrected chi connectivity index (χ1v) is 7.61. The van der Waals surface area contributed by atoms with Crippen molar-refractivity contribution in [2.45, 2.75) is 6.42 Å². The Balaban J connectivity index is 1.63. The van der Waals surface area contributed by atoms with Crippen molar-refractivity contribution < 1.29 is 14.3 Å². The third-order valence-electron chi connectivity index (χ3n) is 4.30. The number of carbonyl (C=O) groups is 2. The highest BCUT2D eigenvalue weighted by atomic mass is 16.5. The number of methoxy groups -OCH3 is 1. The molecule has 22 heavy (non-hydrogen) atoms. The van der Waals surface area contributed by atoms with Gasteiger partial charge >= 0.3 is 0 Å². The van der Waals surface area contributed by atoms with Crippen molar-refractivity contribution in [1.82, 2.24) is 10.6 Å². The topological polar surface area (TPSA) is 70.7 Å². The summed E-state index contributed by atoms with van der Waals surface area (Å²) in [6.07, 6.45) is 0.257. The molecule has 2 fully saturated rings. The van der Waals surface area contributed by atoms with Gasteiger partial charge in [0.25, 0.3) is 0 Å². The zero-order valence-electron chi connectivity index (χ0n) is 12.7. The standard InChI is InChI=1S/C16H21N3O3/c1-22-14-5-3-2-4-13(14)19-10-12(6-15(19)20)16(21)18-9-11-7-17-8-11/h2-5,11-12,17H,6-10H2,1H3,(H,18,21). The van der Waals surface area contributed by atoms with Crippen LogP contribution >= 0.6 is 0 Å². The zero-order valence-corrected chi connectivity index (χ0v) is 12.7. The fourth-order valence-corrected chi connectivity index (χ4v) is 2.85. The third-order valence-corrected chi connectivity index (χ3v) is 4.30. The van der Waals surface area contributed by atoms with E-state index in [0.717, 1.165) is 18.8 Å². The van der Waals surface area contributed by atoms with Gasteiger partial charge in [0.1, 0.15) is 5.75 Å². The number of hydrogen-bond donors (Lipinski definition) is 2. The lowest BCUT2D eigenvalue weighted by Gasteiger charge is -2.27. The SMILES string of the molecule is COc1ccccc1N1CC(C(=O)NCC2CNC2)CC1=O. The summed E-state index contributed by atoms with van der Waals surface area (Å²) in [6, 6.07) is 7.39. The minimum Gasteiger partial charge on any atom is -0.495 e. The largest absolute Gasteiger partial charge is 0.495 e. The summed E-state index contributed by atoms with van der Waals surface area (Å²) in [7, 11) is 1.58. The fraction of sp³-hybridized carbons (Fsp3) is 0.500. The molecule has 118 valence electrons. The molecular weight excluding hydrogens is 282 g/mol. The number of rotatable bonds is 5. The lowest BCUT2D eigenvalue weighted by atomic mass is 10.0. The molecule has 2 N–H and O–H groups in total. The number of para-hydroxylation sites is 2. The van der Waals surface area contributed by atoms with E-state index >= 15 is 0 Å². The first kappa shape index (κ1) is 14.8. The van der Waals surface area contributed by atoms with Gasteiger partial charge in [0.2, 0.25) is 11.8 Å². The maximum absolute atomic E-state index is 12.2. The van der Waals surface area contributed by atoms with Gasteiger partial charge in [-0.3, -0.25) is 9.59 Å². The first-order chi connectivity index (χ1) is 10.7. The molecule has 1 aromatic rings. The van der Waals surface area contributed by atoms with Gasteiger partial charge in [0.05, 0.1) is 18.7 Å². The Labute approximate surface area is 129 Å². The van der Waals surface area contributed by atoms with Crippen LogP contribution in [-0.4, -0.2) is 45.1 Å².